The van der Waals surface area contributed by atoms with E-state index in [9.17, 15) is 4.79 Å². The van der Waals surface area contributed by atoms with Crippen LogP contribution >= 0.6 is 0 Å². The Morgan fingerprint density at radius 1 is 1.33 bits per heavy atom. The fourth-order valence-electron chi connectivity index (χ4n) is 3.23. The van der Waals surface area contributed by atoms with Crippen molar-refractivity contribution in [3.8, 4) is 0 Å². The fourth-order valence-corrected chi connectivity index (χ4v) is 3.23. The summed E-state index contributed by atoms with van der Waals surface area (Å²) < 4.78 is 0. The van der Waals surface area contributed by atoms with Crippen molar-refractivity contribution < 1.29 is 4.79 Å². The van der Waals surface area contributed by atoms with Crippen LogP contribution in [0.2, 0.25) is 0 Å². The molecule has 4 heteroatoms. The Labute approximate surface area is 107 Å². The molecule has 18 heavy (non-hydrogen) atoms. The normalized spacial score (nSPS) is 30.1. The molecule has 2 saturated heterocycles. The minimum Gasteiger partial charge on any atom is -0.311 e. The first-order valence-electron chi connectivity index (χ1n) is 6.76. The lowest BCUT2D eigenvalue weighted by Crippen LogP contribution is -2.39. The molecule has 0 saturated carbocycles. The smallest absolute Gasteiger partial charge is 0.225 e. The molecule has 0 spiro atoms. The van der Waals surface area contributed by atoms with Gasteiger partial charge in [0.15, 0.2) is 0 Å². The van der Waals surface area contributed by atoms with Gasteiger partial charge in [-0.2, -0.15) is 0 Å². The Balaban J connectivity index is 1.52. The summed E-state index contributed by atoms with van der Waals surface area (Å²) in [6.07, 6.45) is 7.18. The van der Waals surface area contributed by atoms with Gasteiger partial charge in [0.1, 0.15) is 5.82 Å². The molecule has 2 bridgehead atoms. The molecule has 2 aliphatic rings. The summed E-state index contributed by atoms with van der Waals surface area (Å²) in [5.41, 5.74) is 0. The maximum atomic E-state index is 11.9. The van der Waals surface area contributed by atoms with E-state index in [-0.39, 0.29) is 5.91 Å². The molecule has 3 heterocycles. The van der Waals surface area contributed by atoms with Gasteiger partial charge in [0.2, 0.25) is 5.91 Å². The number of carbonyl (C=O) groups excluding carboxylic acids is 1. The molecular weight excluding hydrogens is 226 g/mol. The summed E-state index contributed by atoms with van der Waals surface area (Å²) >= 11 is 0. The summed E-state index contributed by atoms with van der Waals surface area (Å²) in [4.78, 5) is 16.1. The molecule has 0 radical (unpaired) electrons. The van der Waals surface area contributed by atoms with Gasteiger partial charge in [0, 0.05) is 24.7 Å². The van der Waals surface area contributed by atoms with Crippen molar-refractivity contribution in [2.75, 3.05) is 5.32 Å². The van der Waals surface area contributed by atoms with Crippen molar-refractivity contribution in [1.29, 1.82) is 0 Å². The van der Waals surface area contributed by atoms with Crippen molar-refractivity contribution in [3.63, 3.8) is 0 Å². The number of amides is 1. The van der Waals surface area contributed by atoms with Crippen molar-refractivity contribution in [1.82, 2.24) is 10.3 Å². The summed E-state index contributed by atoms with van der Waals surface area (Å²) in [7, 11) is 0. The Hall–Kier alpha value is -1.42. The monoisotopic (exact) mass is 245 g/mol. The van der Waals surface area contributed by atoms with E-state index in [4.69, 9.17) is 0 Å². The number of hydrogen-bond acceptors (Lipinski definition) is 3. The number of pyridine rings is 1. The van der Waals surface area contributed by atoms with Crippen LogP contribution in [-0.4, -0.2) is 23.0 Å². The highest BCUT2D eigenvalue weighted by atomic mass is 16.1. The zero-order chi connectivity index (χ0) is 12.4. The number of piperidine rings is 1. The molecule has 3 rings (SSSR count). The van der Waals surface area contributed by atoms with Crippen LogP contribution in [0.25, 0.3) is 0 Å². The van der Waals surface area contributed by atoms with Crippen LogP contribution in [0.15, 0.2) is 24.4 Å². The fraction of sp³-hybridized carbons (Fsp3) is 0.571. The molecule has 4 nitrogen and oxygen atoms in total. The molecule has 0 aromatic carbocycles. The Morgan fingerprint density at radius 2 is 2.11 bits per heavy atom. The van der Waals surface area contributed by atoms with E-state index in [1.54, 1.807) is 6.20 Å². The van der Waals surface area contributed by atoms with E-state index in [2.05, 4.69) is 15.6 Å². The van der Waals surface area contributed by atoms with Crippen molar-refractivity contribution >= 4 is 11.7 Å². The van der Waals surface area contributed by atoms with Gasteiger partial charge in [-0.15, -0.1) is 0 Å². The maximum Gasteiger partial charge on any atom is 0.225 e. The minimum atomic E-state index is 0.0972. The van der Waals surface area contributed by atoms with E-state index in [0.717, 1.165) is 12.8 Å². The number of nitrogens with zero attached hydrogens (tertiary/aromatic N) is 1. The molecule has 1 amide bonds. The lowest BCUT2D eigenvalue weighted by Gasteiger charge is -2.28. The molecule has 2 unspecified atom stereocenters. The first-order chi connectivity index (χ1) is 8.79. The first kappa shape index (κ1) is 11.7. The average Bonchev–Trinajstić information content (AvgIpc) is 2.70. The van der Waals surface area contributed by atoms with Gasteiger partial charge in [-0.1, -0.05) is 6.07 Å². The van der Waals surface area contributed by atoms with Gasteiger partial charge in [0.05, 0.1) is 0 Å². The zero-order valence-electron chi connectivity index (χ0n) is 10.4. The van der Waals surface area contributed by atoms with Gasteiger partial charge in [-0.3, -0.25) is 4.79 Å². The van der Waals surface area contributed by atoms with E-state index < -0.39 is 0 Å². The molecular formula is C14H19N3O. The lowest BCUT2D eigenvalue weighted by atomic mass is 9.89. The van der Waals surface area contributed by atoms with Crippen LogP contribution in [0.3, 0.4) is 0 Å². The standard InChI is InChI=1S/C14H19N3O/c18-14(17-13-3-1-2-6-15-13)9-10-7-11-4-5-12(8-10)16-11/h1-3,6,10-12,16H,4-5,7-9H2,(H,15,17,18). The first-order valence-corrected chi connectivity index (χ1v) is 6.76. The second kappa shape index (κ2) is 5.06. The number of fused-ring (bicyclic) bond motifs is 2. The zero-order valence-corrected chi connectivity index (χ0v) is 10.4. The van der Waals surface area contributed by atoms with Crippen LogP contribution in [0.4, 0.5) is 5.82 Å². The van der Waals surface area contributed by atoms with Gasteiger partial charge >= 0.3 is 0 Å². The van der Waals surface area contributed by atoms with E-state index >= 15 is 0 Å². The Kier molecular flexibility index (Phi) is 3.28. The number of hydrogen-bond donors (Lipinski definition) is 2. The molecule has 96 valence electrons. The minimum absolute atomic E-state index is 0.0972. The van der Waals surface area contributed by atoms with Crippen LogP contribution in [0.1, 0.15) is 32.1 Å². The molecule has 1 aromatic rings. The van der Waals surface area contributed by atoms with E-state index in [0.29, 0.717) is 30.2 Å². The molecule has 0 aliphatic carbocycles. The van der Waals surface area contributed by atoms with E-state index in [1.807, 2.05) is 18.2 Å². The number of nitrogens with one attached hydrogen (secondary N) is 2. The molecule has 1 aromatic heterocycles. The van der Waals surface area contributed by atoms with Crippen molar-refractivity contribution in [2.24, 2.45) is 5.92 Å². The van der Waals surface area contributed by atoms with Crippen LogP contribution in [0, 0.1) is 5.92 Å². The lowest BCUT2D eigenvalue weighted by molar-refractivity contribution is -0.117. The number of aromatic nitrogens is 1. The van der Waals surface area contributed by atoms with Crippen LogP contribution < -0.4 is 10.6 Å². The summed E-state index contributed by atoms with van der Waals surface area (Å²) in [6, 6.07) is 6.85. The second-order valence-electron chi connectivity index (χ2n) is 5.44. The summed E-state index contributed by atoms with van der Waals surface area (Å²) in [5, 5.41) is 6.47. The Morgan fingerprint density at radius 3 is 2.78 bits per heavy atom. The number of rotatable bonds is 3. The predicted molar refractivity (Wildman–Crippen MR) is 70.2 cm³/mol. The third-order valence-corrected chi connectivity index (χ3v) is 3.98. The SMILES string of the molecule is O=C(CC1CC2CCC(C1)N2)Nc1ccccn1. The molecule has 2 N–H and O–H groups in total. The van der Waals surface area contributed by atoms with Gasteiger partial charge in [-0.25, -0.2) is 4.98 Å². The van der Waals surface area contributed by atoms with Crippen LogP contribution in [0.5, 0.6) is 0 Å². The topological polar surface area (TPSA) is 54.0 Å². The predicted octanol–water partition coefficient (Wildman–Crippen LogP) is 1.94. The van der Waals surface area contributed by atoms with Crippen LogP contribution in [-0.2, 0) is 4.79 Å². The highest BCUT2D eigenvalue weighted by Gasteiger charge is 2.34. The quantitative estimate of drug-likeness (QED) is 0.855. The van der Waals surface area contributed by atoms with Gasteiger partial charge < -0.3 is 10.6 Å². The van der Waals surface area contributed by atoms with Crippen molar-refractivity contribution in [3.05, 3.63) is 24.4 Å². The van der Waals surface area contributed by atoms with Gasteiger partial charge in [-0.05, 0) is 43.7 Å². The maximum absolute atomic E-state index is 11.9. The third-order valence-electron chi connectivity index (χ3n) is 3.98. The number of carbonyl (C=O) groups is 1. The van der Waals surface area contributed by atoms with Crippen molar-refractivity contribution in [2.45, 2.75) is 44.2 Å². The highest BCUT2D eigenvalue weighted by molar-refractivity contribution is 5.89. The summed E-state index contributed by atoms with van der Waals surface area (Å²) in [6.45, 7) is 0. The third kappa shape index (κ3) is 2.70. The summed E-state index contributed by atoms with van der Waals surface area (Å²) in [5.74, 6) is 1.28. The second-order valence-corrected chi connectivity index (χ2v) is 5.44. The number of anilines is 1. The molecule has 2 fully saturated rings. The van der Waals surface area contributed by atoms with Gasteiger partial charge in [0.25, 0.3) is 0 Å². The molecule has 2 atom stereocenters. The highest BCUT2D eigenvalue weighted by Crippen LogP contribution is 2.32. The molecule has 2 aliphatic heterocycles. The average molecular weight is 245 g/mol. The van der Waals surface area contributed by atoms with E-state index in [1.165, 1.54) is 12.8 Å². The largest absolute Gasteiger partial charge is 0.311 e. The Bertz CT molecular complexity index is 408.